The molecule has 0 bridgehead atoms. The summed E-state index contributed by atoms with van der Waals surface area (Å²) in [6.45, 7) is 7.77. The van der Waals surface area contributed by atoms with Gasteiger partial charge in [-0.1, -0.05) is 29.8 Å². The summed E-state index contributed by atoms with van der Waals surface area (Å²) in [5.41, 5.74) is 5.78. The molecule has 2 aromatic carbocycles. The van der Waals surface area contributed by atoms with Gasteiger partial charge in [0.1, 0.15) is 6.61 Å². The van der Waals surface area contributed by atoms with Crippen molar-refractivity contribution in [2.24, 2.45) is 11.8 Å². The Morgan fingerprint density at radius 2 is 1.53 bits per heavy atom. The number of para-hydroxylation sites is 1. The number of likely N-dealkylation sites (tertiary alicyclic amines) is 3. The van der Waals surface area contributed by atoms with Crippen LogP contribution in [0.2, 0.25) is 5.02 Å². The number of carbonyl (C=O) groups excluding carboxylic acids is 4. The van der Waals surface area contributed by atoms with E-state index >= 15 is 0 Å². The quantitative estimate of drug-likeness (QED) is 0.225. The molecule has 0 saturated carbocycles. The van der Waals surface area contributed by atoms with E-state index in [1.54, 1.807) is 9.80 Å². The Morgan fingerprint density at radius 1 is 0.883 bits per heavy atom. The van der Waals surface area contributed by atoms with Crippen molar-refractivity contribution in [2.45, 2.75) is 69.8 Å². The van der Waals surface area contributed by atoms with E-state index in [9.17, 15) is 32.3 Å². The van der Waals surface area contributed by atoms with Crippen molar-refractivity contribution in [2.75, 3.05) is 96.3 Å². The molecular formula is C42H55ClF3N7O7. The van der Waals surface area contributed by atoms with Gasteiger partial charge in [-0.2, -0.15) is 13.2 Å². The first-order valence-corrected chi connectivity index (χ1v) is 21.4. The average molecular weight is 862 g/mol. The molecule has 5 aliphatic heterocycles. The highest BCUT2D eigenvalue weighted by Gasteiger charge is 2.39. The van der Waals surface area contributed by atoms with Gasteiger partial charge >= 0.3 is 24.3 Å². The van der Waals surface area contributed by atoms with Crippen LogP contribution < -0.4 is 11.1 Å². The number of hydrogen-bond acceptors (Lipinski definition) is 10. The van der Waals surface area contributed by atoms with Gasteiger partial charge in [-0.05, 0) is 92.8 Å². The summed E-state index contributed by atoms with van der Waals surface area (Å²) in [7, 11) is 0. The predicted octanol–water partition coefficient (Wildman–Crippen LogP) is 5.33. The number of hydrogen-bond donors (Lipinski definition) is 2. The fourth-order valence-electron chi connectivity index (χ4n) is 9.21. The van der Waals surface area contributed by atoms with Gasteiger partial charge in [0, 0.05) is 70.5 Å². The van der Waals surface area contributed by atoms with Crippen molar-refractivity contribution >= 4 is 47.0 Å². The summed E-state index contributed by atoms with van der Waals surface area (Å²) in [6.07, 6.45) is -3.00. The molecule has 3 N–H and O–H groups in total. The summed E-state index contributed by atoms with van der Waals surface area (Å²) in [5.74, 6) is 0.0847. The highest BCUT2D eigenvalue weighted by Crippen LogP contribution is 2.39. The van der Waals surface area contributed by atoms with Crippen LogP contribution in [0.5, 0.6) is 0 Å². The number of amides is 4. The van der Waals surface area contributed by atoms with Crippen LogP contribution in [0.1, 0.15) is 55.2 Å². The van der Waals surface area contributed by atoms with Gasteiger partial charge in [-0.3, -0.25) is 19.4 Å². The van der Waals surface area contributed by atoms with Crippen LogP contribution in [0.25, 0.3) is 0 Å². The standard InChI is InChI=1S/C42H55ClF3N7O7/c43-34-24-28(23-33(38(34)47)42(44,45)46)25-36(60-41(57)52-15-9-32(10-16-52)53-26-31-3-1-2-4-35(31)48-40(53)56)39(55)51-13-7-30(8-14-51)29-5-11-50(12-6-29)27-37(54)59-22-19-49-17-20-58-21-18-49/h1-4,23-24,29-30,32,36H,5-22,25-27,47H2,(H,48,56)/t36-/m1/s1. The molecule has 5 heterocycles. The van der Waals surface area contributed by atoms with Crippen molar-refractivity contribution in [1.82, 2.24) is 24.5 Å². The minimum Gasteiger partial charge on any atom is -0.463 e. The molecule has 5 aliphatic rings. The zero-order valence-corrected chi connectivity index (χ0v) is 34.6. The molecule has 0 aromatic heterocycles. The van der Waals surface area contributed by atoms with E-state index in [0.717, 1.165) is 69.2 Å². The SMILES string of the molecule is Nc1c(Cl)cc(C[C@@H](OC(=O)N2CCC(N3Cc4ccccc4NC3=O)CC2)C(=O)N2CCC(C3CCN(CC(=O)OCCN4CCOCC4)CC3)CC2)cc1C(F)(F)F. The van der Waals surface area contributed by atoms with Gasteiger partial charge in [-0.25, -0.2) is 9.59 Å². The van der Waals surface area contributed by atoms with Crippen molar-refractivity contribution in [3.8, 4) is 0 Å². The summed E-state index contributed by atoms with van der Waals surface area (Å²) in [5, 5.41) is 2.62. The summed E-state index contributed by atoms with van der Waals surface area (Å²) in [4.78, 5) is 62.6. The number of nitrogens with two attached hydrogens (primary N) is 1. The van der Waals surface area contributed by atoms with Crippen LogP contribution >= 0.6 is 11.6 Å². The number of nitrogens with zero attached hydrogens (tertiary/aromatic N) is 5. The molecule has 0 unspecified atom stereocenters. The summed E-state index contributed by atoms with van der Waals surface area (Å²) >= 11 is 6.15. The number of fused-ring (bicyclic) bond motifs is 1. The number of halogens is 4. The van der Waals surface area contributed by atoms with Crippen LogP contribution in [0.4, 0.5) is 34.1 Å². The van der Waals surface area contributed by atoms with E-state index in [1.807, 2.05) is 24.3 Å². The van der Waals surface area contributed by atoms with Crippen LogP contribution in [0.3, 0.4) is 0 Å². The van der Waals surface area contributed by atoms with E-state index in [2.05, 4.69) is 15.1 Å². The Morgan fingerprint density at radius 3 is 2.22 bits per heavy atom. The molecule has 18 heteroatoms. The third-order valence-corrected chi connectivity index (χ3v) is 13.0. The molecular weight excluding hydrogens is 807 g/mol. The molecule has 14 nitrogen and oxygen atoms in total. The van der Waals surface area contributed by atoms with Gasteiger partial charge < -0.3 is 40.0 Å². The van der Waals surface area contributed by atoms with Crippen molar-refractivity contribution < 1.29 is 46.6 Å². The van der Waals surface area contributed by atoms with Crippen LogP contribution in [-0.4, -0.2) is 146 Å². The molecule has 2 aromatic rings. The fraction of sp³-hybridized carbons (Fsp3) is 0.619. The zero-order valence-electron chi connectivity index (χ0n) is 33.8. The maximum atomic E-state index is 14.2. The third-order valence-electron chi connectivity index (χ3n) is 12.7. The molecule has 4 fully saturated rings. The van der Waals surface area contributed by atoms with Crippen molar-refractivity contribution in [1.29, 1.82) is 0 Å². The van der Waals surface area contributed by atoms with Crippen LogP contribution in [-0.2, 0) is 42.9 Å². The number of anilines is 2. The molecule has 328 valence electrons. The molecule has 0 aliphatic carbocycles. The lowest BCUT2D eigenvalue weighted by atomic mass is 9.78. The maximum Gasteiger partial charge on any atom is 0.418 e. The largest absolute Gasteiger partial charge is 0.463 e. The first-order valence-electron chi connectivity index (χ1n) is 21.1. The van der Waals surface area contributed by atoms with Crippen molar-refractivity contribution in [3.05, 3.63) is 58.1 Å². The number of benzene rings is 2. The molecule has 0 spiro atoms. The Hall–Kier alpha value is -4.32. The molecule has 4 saturated heterocycles. The second kappa shape index (κ2) is 19.6. The number of urea groups is 1. The van der Waals surface area contributed by atoms with Gasteiger partial charge in [0.2, 0.25) is 0 Å². The lowest BCUT2D eigenvalue weighted by Crippen LogP contribution is -2.52. The third kappa shape index (κ3) is 10.9. The summed E-state index contributed by atoms with van der Waals surface area (Å²) in [6, 6.07) is 9.39. The Labute approximate surface area is 353 Å². The van der Waals surface area contributed by atoms with E-state index in [-0.39, 0.29) is 54.7 Å². The number of piperidine rings is 3. The Kier molecular flexibility index (Phi) is 14.3. The lowest BCUT2D eigenvalue weighted by Gasteiger charge is -2.41. The molecule has 0 radical (unpaired) electrons. The number of ether oxygens (including phenoxy) is 3. The van der Waals surface area contributed by atoms with Gasteiger partial charge in [0.25, 0.3) is 5.91 Å². The number of esters is 1. The molecule has 4 amide bonds. The zero-order chi connectivity index (χ0) is 42.4. The Balaban J connectivity index is 0.927. The smallest absolute Gasteiger partial charge is 0.418 e. The first kappa shape index (κ1) is 43.8. The molecule has 60 heavy (non-hydrogen) atoms. The van der Waals surface area contributed by atoms with E-state index in [4.69, 9.17) is 31.5 Å². The lowest BCUT2D eigenvalue weighted by molar-refractivity contribution is -0.146. The van der Waals surface area contributed by atoms with E-state index in [0.29, 0.717) is 70.7 Å². The maximum absolute atomic E-state index is 14.2. The number of rotatable bonds is 11. The van der Waals surface area contributed by atoms with Crippen LogP contribution in [0.15, 0.2) is 36.4 Å². The van der Waals surface area contributed by atoms with Crippen LogP contribution in [0, 0.1) is 11.8 Å². The normalized spacial score (nSPS) is 21.0. The summed E-state index contributed by atoms with van der Waals surface area (Å²) < 4.78 is 58.5. The van der Waals surface area contributed by atoms with E-state index in [1.165, 1.54) is 11.0 Å². The fourth-order valence-corrected chi connectivity index (χ4v) is 9.45. The molecule has 7 rings (SSSR count). The minimum atomic E-state index is -4.79. The first-order chi connectivity index (χ1) is 28.8. The van der Waals surface area contributed by atoms with Gasteiger partial charge in [0.05, 0.1) is 36.0 Å². The Bertz CT molecular complexity index is 1840. The number of nitrogen functional groups attached to an aromatic ring is 1. The second-order valence-electron chi connectivity index (χ2n) is 16.5. The number of carbonyl (C=O) groups is 4. The predicted molar refractivity (Wildman–Crippen MR) is 217 cm³/mol. The molecule has 1 atom stereocenters. The topological polar surface area (TPSA) is 150 Å². The number of nitrogens with one attached hydrogen (secondary N) is 1. The van der Waals surface area contributed by atoms with Gasteiger partial charge in [-0.15, -0.1) is 0 Å². The van der Waals surface area contributed by atoms with Gasteiger partial charge in [0.15, 0.2) is 6.10 Å². The minimum absolute atomic E-state index is 0.0606. The van der Waals surface area contributed by atoms with Crippen molar-refractivity contribution in [3.63, 3.8) is 0 Å². The highest BCUT2D eigenvalue weighted by atomic mass is 35.5. The number of morpholine rings is 1. The monoisotopic (exact) mass is 861 g/mol. The average Bonchev–Trinajstić information content (AvgIpc) is 3.24. The van der Waals surface area contributed by atoms with E-state index < -0.39 is 35.5 Å². The second-order valence-corrected chi connectivity index (χ2v) is 16.9. The highest BCUT2D eigenvalue weighted by molar-refractivity contribution is 6.33. The number of alkyl halides is 3.